The molecule has 0 aromatic heterocycles. The van der Waals surface area contributed by atoms with Crippen LogP contribution in [0.5, 0.6) is 0 Å². The first kappa shape index (κ1) is 14.7. The maximum Gasteiger partial charge on any atom is 0.415 e. The summed E-state index contributed by atoms with van der Waals surface area (Å²) in [5.74, 6) is -3.22. The third-order valence-electron chi connectivity index (χ3n) is 3.09. The molecule has 0 aromatic carbocycles. The summed E-state index contributed by atoms with van der Waals surface area (Å²) >= 11 is 0. The van der Waals surface area contributed by atoms with Gasteiger partial charge in [-0.15, -0.1) is 0 Å². The van der Waals surface area contributed by atoms with Crippen molar-refractivity contribution in [1.82, 2.24) is 4.90 Å². The zero-order valence-corrected chi connectivity index (χ0v) is 9.83. The lowest BCUT2D eigenvalue weighted by Crippen LogP contribution is -2.63. The highest BCUT2D eigenvalue weighted by atomic mass is 19.4. The third-order valence-corrected chi connectivity index (χ3v) is 3.09. The fourth-order valence-corrected chi connectivity index (χ4v) is 1.81. The second-order valence-corrected chi connectivity index (χ2v) is 4.63. The molecule has 0 bridgehead atoms. The van der Waals surface area contributed by atoms with Gasteiger partial charge >= 0.3 is 12.1 Å². The Morgan fingerprint density at radius 3 is 2.39 bits per heavy atom. The molecule has 1 rings (SSSR count). The van der Waals surface area contributed by atoms with Crippen LogP contribution < -0.4 is 5.73 Å². The van der Waals surface area contributed by atoms with Crippen molar-refractivity contribution >= 4 is 11.9 Å². The second kappa shape index (κ2) is 4.75. The summed E-state index contributed by atoms with van der Waals surface area (Å²) in [7, 11) is 0. The van der Waals surface area contributed by atoms with E-state index in [0.717, 1.165) is 4.90 Å². The van der Waals surface area contributed by atoms with E-state index < -0.39 is 29.5 Å². The standard InChI is InChI=1S/C10H15F3N2O3/c1-9(14,10(11,12)13)8(18)15-4-2-3-6(5-15)7(16)17/h6H,2-5,14H2,1H3,(H,16,17)/t6-,9?/m0/s1. The molecule has 18 heavy (non-hydrogen) atoms. The summed E-state index contributed by atoms with van der Waals surface area (Å²) in [4.78, 5) is 23.4. The van der Waals surface area contributed by atoms with Crippen LogP contribution in [0.3, 0.4) is 0 Å². The lowest BCUT2D eigenvalue weighted by molar-refractivity contribution is -0.194. The van der Waals surface area contributed by atoms with Gasteiger partial charge in [0, 0.05) is 13.1 Å². The van der Waals surface area contributed by atoms with E-state index in [4.69, 9.17) is 10.8 Å². The molecule has 0 aromatic rings. The minimum atomic E-state index is -4.86. The number of carboxylic acids is 1. The lowest BCUT2D eigenvalue weighted by atomic mass is 9.94. The number of hydrogen-bond donors (Lipinski definition) is 2. The smallest absolute Gasteiger partial charge is 0.415 e. The van der Waals surface area contributed by atoms with E-state index in [2.05, 4.69) is 0 Å². The maximum absolute atomic E-state index is 12.6. The van der Waals surface area contributed by atoms with E-state index in [9.17, 15) is 22.8 Å². The van der Waals surface area contributed by atoms with Crippen LogP contribution in [0, 0.1) is 5.92 Å². The first-order valence-corrected chi connectivity index (χ1v) is 5.45. The highest BCUT2D eigenvalue weighted by molar-refractivity contribution is 5.87. The van der Waals surface area contributed by atoms with Crippen molar-refractivity contribution in [2.24, 2.45) is 11.7 Å². The summed E-state index contributed by atoms with van der Waals surface area (Å²) < 4.78 is 37.8. The molecular formula is C10H15F3N2O3. The van der Waals surface area contributed by atoms with Gasteiger partial charge in [0.15, 0.2) is 5.54 Å². The Morgan fingerprint density at radius 2 is 1.94 bits per heavy atom. The Morgan fingerprint density at radius 1 is 1.39 bits per heavy atom. The maximum atomic E-state index is 12.6. The molecule has 1 fully saturated rings. The number of piperidine rings is 1. The Bertz CT molecular complexity index is 355. The average Bonchev–Trinajstić information content (AvgIpc) is 2.26. The van der Waals surface area contributed by atoms with Crippen LogP contribution in [-0.4, -0.2) is 46.7 Å². The van der Waals surface area contributed by atoms with Crippen LogP contribution in [0.15, 0.2) is 0 Å². The molecule has 3 N–H and O–H groups in total. The highest BCUT2D eigenvalue weighted by Gasteiger charge is 2.55. The van der Waals surface area contributed by atoms with Crippen LogP contribution >= 0.6 is 0 Å². The van der Waals surface area contributed by atoms with Crippen LogP contribution in [0.25, 0.3) is 0 Å². The number of likely N-dealkylation sites (tertiary alicyclic amines) is 1. The lowest BCUT2D eigenvalue weighted by Gasteiger charge is -2.36. The predicted molar refractivity (Wildman–Crippen MR) is 55.6 cm³/mol. The Balaban J connectivity index is 2.82. The second-order valence-electron chi connectivity index (χ2n) is 4.63. The molecule has 0 aliphatic carbocycles. The van der Waals surface area contributed by atoms with Gasteiger partial charge in [0.1, 0.15) is 0 Å². The largest absolute Gasteiger partial charge is 0.481 e. The average molecular weight is 268 g/mol. The summed E-state index contributed by atoms with van der Waals surface area (Å²) in [6.07, 6.45) is -4.15. The van der Waals surface area contributed by atoms with E-state index in [0.29, 0.717) is 19.8 Å². The highest BCUT2D eigenvalue weighted by Crippen LogP contribution is 2.31. The molecule has 1 saturated heterocycles. The van der Waals surface area contributed by atoms with E-state index in [1.807, 2.05) is 0 Å². The van der Waals surface area contributed by atoms with Crippen molar-refractivity contribution < 1.29 is 27.9 Å². The van der Waals surface area contributed by atoms with E-state index in [-0.39, 0.29) is 13.1 Å². The zero-order chi connectivity index (χ0) is 14.1. The number of alkyl halides is 3. The van der Waals surface area contributed by atoms with Crippen LogP contribution in [0.4, 0.5) is 13.2 Å². The molecule has 0 saturated carbocycles. The molecule has 0 radical (unpaired) electrons. The Hall–Kier alpha value is -1.31. The van der Waals surface area contributed by atoms with E-state index in [1.165, 1.54) is 0 Å². The first-order chi connectivity index (χ1) is 8.07. The number of nitrogens with zero attached hydrogens (tertiary/aromatic N) is 1. The first-order valence-electron chi connectivity index (χ1n) is 5.45. The topological polar surface area (TPSA) is 83.6 Å². The van der Waals surface area contributed by atoms with E-state index in [1.54, 1.807) is 0 Å². The number of aliphatic carboxylic acids is 1. The number of carboxylic acid groups (broad SMARTS) is 1. The molecular weight excluding hydrogens is 253 g/mol. The number of halogens is 3. The molecule has 1 aliphatic heterocycles. The summed E-state index contributed by atoms with van der Waals surface area (Å²) in [6.45, 7) is 0.474. The van der Waals surface area contributed by atoms with Gasteiger partial charge in [-0.05, 0) is 19.8 Å². The van der Waals surface area contributed by atoms with Gasteiger partial charge in [0.05, 0.1) is 5.92 Å². The van der Waals surface area contributed by atoms with Crippen LogP contribution in [-0.2, 0) is 9.59 Å². The van der Waals surface area contributed by atoms with Crippen molar-refractivity contribution in [2.75, 3.05) is 13.1 Å². The SMILES string of the molecule is CC(N)(C(=O)N1CCC[C@H](C(=O)O)C1)C(F)(F)F. The van der Waals surface area contributed by atoms with Crippen LogP contribution in [0.2, 0.25) is 0 Å². The molecule has 2 atom stereocenters. The van der Waals surface area contributed by atoms with Crippen molar-refractivity contribution in [3.63, 3.8) is 0 Å². The normalized spacial score (nSPS) is 24.5. The predicted octanol–water partition coefficient (Wildman–Crippen LogP) is 0.589. The minimum absolute atomic E-state index is 0.103. The summed E-state index contributed by atoms with van der Waals surface area (Å²) in [5, 5.41) is 8.81. The van der Waals surface area contributed by atoms with Crippen molar-refractivity contribution in [2.45, 2.75) is 31.5 Å². The number of rotatable bonds is 2. The third kappa shape index (κ3) is 2.74. The van der Waals surface area contributed by atoms with E-state index >= 15 is 0 Å². The summed E-state index contributed by atoms with van der Waals surface area (Å²) in [6, 6.07) is 0. The number of amides is 1. The fourth-order valence-electron chi connectivity index (χ4n) is 1.81. The molecule has 1 aliphatic rings. The molecule has 1 unspecified atom stereocenters. The summed E-state index contributed by atoms with van der Waals surface area (Å²) in [5.41, 5.74) is 2.05. The molecule has 1 heterocycles. The number of carbonyl (C=O) groups excluding carboxylic acids is 1. The number of nitrogens with two attached hydrogens (primary N) is 1. The van der Waals surface area contributed by atoms with Crippen molar-refractivity contribution in [3.8, 4) is 0 Å². The quantitative estimate of drug-likeness (QED) is 0.767. The van der Waals surface area contributed by atoms with Gasteiger partial charge in [0.25, 0.3) is 5.91 Å². The zero-order valence-electron chi connectivity index (χ0n) is 9.83. The minimum Gasteiger partial charge on any atom is -0.481 e. The van der Waals surface area contributed by atoms with Gasteiger partial charge < -0.3 is 15.7 Å². The van der Waals surface area contributed by atoms with Gasteiger partial charge in [-0.1, -0.05) is 0 Å². The number of hydrogen-bond acceptors (Lipinski definition) is 3. The number of carbonyl (C=O) groups is 2. The van der Waals surface area contributed by atoms with Gasteiger partial charge in [0.2, 0.25) is 0 Å². The molecule has 104 valence electrons. The van der Waals surface area contributed by atoms with Crippen molar-refractivity contribution in [3.05, 3.63) is 0 Å². The van der Waals surface area contributed by atoms with Gasteiger partial charge in [-0.25, -0.2) is 0 Å². The molecule has 1 amide bonds. The Kier molecular flexibility index (Phi) is 3.89. The monoisotopic (exact) mass is 268 g/mol. The van der Waals surface area contributed by atoms with Crippen LogP contribution in [0.1, 0.15) is 19.8 Å². The van der Waals surface area contributed by atoms with Gasteiger partial charge in [-0.2, -0.15) is 13.2 Å². The molecule has 0 spiro atoms. The molecule has 8 heteroatoms. The Labute approximate surface area is 102 Å². The molecule has 5 nitrogen and oxygen atoms in total. The van der Waals surface area contributed by atoms with Gasteiger partial charge in [-0.3, -0.25) is 9.59 Å². The van der Waals surface area contributed by atoms with Crippen molar-refractivity contribution in [1.29, 1.82) is 0 Å². The fraction of sp³-hybridized carbons (Fsp3) is 0.800.